The maximum atomic E-state index is 13.0. The number of hydrogen-bond donors (Lipinski definition) is 0. The van der Waals surface area contributed by atoms with Crippen LogP contribution in [0.25, 0.3) is 11.3 Å². The van der Waals surface area contributed by atoms with E-state index in [1.165, 1.54) is 0 Å². The summed E-state index contributed by atoms with van der Waals surface area (Å²) in [7, 11) is 0. The summed E-state index contributed by atoms with van der Waals surface area (Å²) < 4.78 is 0. The predicted octanol–water partition coefficient (Wildman–Crippen LogP) is 4.87. The number of carbonyl (C=O) groups excluding carboxylic acids is 1. The van der Waals surface area contributed by atoms with Gasteiger partial charge in [-0.15, -0.1) is 0 Å². The van der Waals surface area contributed by atoms with Crippen LogP contribution in [0, 0.1) is 6.92 Å². The highest BCUT2D eigenvalue weighted by Crippen LogP contribution is 2.30. The second-order valence-corrected chi connectivity index (χ2v) is 7.55. The Morgan fingerprint density at radius 3 is 2.46 bits per heavy atom. The smallest absolute Gasteiger partial charge is 0.254 e. The van der Waals surface area contributed by atoms with Gasteiger partial charge in [0.25, 0.3) is 5.91 Å². The second kappa shape index (κ2) is 7.72. The van der Waals surface area contributed by atoms with Gasteiger partial charge in [0.1, 0.15) is 5.82 Å². The third-order valence-electron chi connectivity index (χ3n) is 5.13. The minimum Gasteiger partial charge on any atom is -0.334 e. The van der Waals surface area contributed by atoms with Crippen LogP contribution in [0.4, 0.5) is 0 Å². The molecule has 0 saturated heterocycles. The van der Waals surface area contributed by atoms with Crippen molar-refractivity contribution >= 4 is 17.5 Å². The topological polar surface area (TPSA) is 46.1 Å². The van der Waals surface area contributed by atoms with Gasteiger partial charge >= 0.3 is 0 Å². The van der Waals surface area contributed by atoms with Crippen LogP contribution in [0.15, 0.2) is 48.5 Å². The van der Waals surface area contributed by atoms with E-state index in [-0.39, 0.29) is 5.91 Å². The number of aryl methyl sites for hydroxylation is 2. The van der Waals surface area contributed by atoms with E-state index in [0.717, 1.165) is 46.7 Å². The SMILES string of the molecule is CCc1nc2c(c(-c3ccc(Cl)cc3)n1)CN(C(=O)c1ccc(C)cc1)CC2. The number of hydrogen-bond acceptors (Lipinski definition) is 3. The zero-order chi connectivity index (χ0) is 19.7. The first kappa shape index (κ1) is 18.6. The minimum atomic E-state index is 0.0484. The summed E-state index contributed by atoms with van der Waals surface area (Å²) in [6.45, 7) is 5.26. The quantitative estimate of drug-likeness (QED) is 0.640. The molecular weight excluding hydrogens is 370 g/mol. The highest BCUT2D eigenvalue weighted by atomic mass is 35.5. The van der Waals surface area contributed by atoms with Crippen LogP contribution >= 0.6 is 11.6 Å². The van der Waals surface area contributed by atoms with E-state index >= 15 is 0 Å². The number of benzene rings is 2. The summed E-state index contributed by atoms with van der Waals surface area (Å²) in [4.78, 5) is 24.4. The van der Waals surface area contributed by atoms with Crippen LogP contribution in [-0.4, -0.2) is 27.3 Å². The largest absolute Gasteiger partial charge is 0.334 e. The van der Waals surface area contributed by atoms with E-state index in [4.69, 9.17) is 21.6 Å². The Morgan fingerprint density at radius 1 is 1.07 bits per heavy atom. The lowest BCUT2D eigenvalue weighted by atomic mass is 9.98. The molecule has 1 aliphatic heterocycles. The lowest BCUT2D eigenvalue weighted by Crippen LogP contribution is -2.37. The van der Waals surface area contributed by atoms with Crippen molar-refractivity contribution < 1.29 is 4.79 Å². The fourth-order valence-electron chi connectivity index (χ4n) is 3.52. The molecule has 0 saturated carbocycles. The molecule has 2 aromatic carbocycles. The molecule has 5 heteroatoms. The molecule has 142 valence electrons. The highest BCUT2D eigenvalue weighted by Gasteiger charge is 2.26. The molecule has 0 unspecified atom stereocenters. The molecule has 0 spiro atoms. The molecule has 0 radical (unpaired) electrons. The van der Waals surface area contributed by atoms with Gasteiger partial charge in [-0.05, 0) is 31.2 Å². The molecule has 0 atom stereocenters. The van der Waals surface area contributed by atoms with Gasteiger partial charge < -0.3 is 4.90 Å². The highest BCUT2D eigenvalue weighted by molar-refractivity contribution is 6.30. The van der Waals surface area contributed by atoms with Gasteiger partial charge in [0, 0.05) is 47.6 Å². The van der Waals surface area contributed by atoms with Crippen LogP contribution in [-0.2, 0) is 19.4 Å². The van der Waals surface area contributed by atoms with E-state index in [1.807, 2.05) is 60.4 Å². The fraction of sp³-hybridized carbons (Fsp3) is 0.261. The molecule has 28 heavy (non-hydrogen) atoms. The average Bonchev–Trinajstić information content (AvgIpc) is 2.73. The van der Waals surface area contributed by atoms with E-state index in [1.54, 1.807) is 0 Å². The van der Waals surface area contributed by atoms with Crippen molar-refractivity contribution in [1.82, 2.24) is 14.9 Å². The third-order valence-corrected chi connectivity index (χ3v) is 5.38. The standard InChI is InChI=1S/C23H22ClN3O/c1-3-21-25-20-12-13-27(23(28)17-6-4-15(2)5-7-17)14-19(20)22(26-21)16-8-10-18(24)11-9-16/h4-11H,3,12-14H2,1-2H3. The van der Waals surface area contributed by atoms with Crippen LogP contribution in [0.1, 0.15) is 39.9 Å². The first-order valence-electron chi connectivity index (χ1n) is 9.55. The first-order valence-corrected chi connectivity index (χ1v) is 9.93. The lowest BCUT2D eigenvalue weighted by molar-refractivity contribution is 0.0733. The predicted molar refractivity (Wildman–Crippen MR) is 111 cm³/mol. The molecule has 0 N–H and O–H groups in total. The molecule has 1 aliphatic rings. The summed E-state index contributed by atoms with van der Waals surface area (Å²) in [5.41, 5.74) is 5.84. The molecule has 1 amide bonds. The maximum Gasteiger partial charge on any atom is 0.254 e. The number of fused-ring (bicyclic) bond motifs is 1. The van der Waals surface area contributed by atoms with Gasteiger partial charge in [0.2, 0.25) is 0 Å². The molecule has 3 aromatic rings. The Balaban J connectivity index is 1.71. The Hall–Kier alpha value is -2.72. The second-order valence-electron chi connectivity index (χ2n) is 7.12. The zero-order valence-electron chi connectivity index (χ0n) is 16.1. The number of carbonyl (C=O) groups is 1. The van der Waals surface area contributed by atoms with E-state index in [0.29, 0.717) is 23.7 Å². The van der Waals surface area contributed by atoms with Crippen LogP contribution in [0.5, 0.6) is 0 Å². The molecule has 0 bridgehead atoms. The number of nitrogens with zero attached hydrogens (tertiary/aromatic N) is 3. The normalized spacial score (nSPS) is 13.3. The molecule has 2 heterocycles. The van der Waals surface area contributed by atoms with Crippen LogP contribution in [0.2, 0.25) is 5.02 Å². The Bertz CT molecular complexity index is 1010. The number of aromatic nitrogens is 2. The number of rotatable bonds is 3. The Morgan fingerprint density at radius 2 is 1.79 bits per heavy atom. The van der Waals surface area contributed by atoms with Crippen molar-refractivity contribution in [2.45, 2.75) is 33.2 Å². The van der Waals surface area contributed by atoms with Crippen LogP contribution in [0.3, 0.4) is 0 Å². The summed E-state index contributed by atoms with van der Waals surface area (Å²) in [6, 6.07) is 15.4. The van der Waals surface area contributed by atoms with E-state index < -0.39 is 0 Å². The summed E-state index contributed by atoms with van der Waals surface area (Å²) in [5.74, 6) is 0.884. The summed E-state index contributed by atoms with van der Waals surface area (Å²) >= 11 is 6.06. The number of halogens is 1. The Labute approximate surface area is 170 Å². The molecule has 4 nitrogen and oxygen atoms in total. The van der Waals surface area contributed by atoms with Crippen molar-refractivity contribution in [3.8, 4) is 11.3 Å². The zero-order valence-corrected chi connectivity index (χ0v) is 16.8. The van der Waals surface area contributed by atoms with Crippen molar-refractivity contribution in [3.05, 3.63) is 81.8 Å². The third kappa shape index (κ3) is 3.65. The van der Waals surface area contributed by atoms with Crippen molar-refractivity contribution in [3.63, 3.8) is 0 Å². The monoisotopic (exact) mass is 391 g/mol. The van der Waals surface area contributed by atoms with Gasteiger partial charge in [0.05, 0.1) is 11.4 Å². The van der Waals surface area contributed by atoms with Gasteiger partial charge in [-0.3, -0.25) is 4.79 Å². The van der Waals surface area contributed by atoms with Gasteiger partial charge in [0.15, 0.2) is 0 Å². The minimum absolute atomic E-state index is 0.0484. The van der Waals surface area contributed by atoms with Gasteiger partial charge in [-0.25, -0.2) is 9.97 Å². The van der Waals surface area contributed by atoms with E-state index in [2.05, 4.69) is 6.92 Å². The van der Waals surface area contributed by atoms with Crippen LogP contribution < -0.4 is 0 Å². The molecular formula is C23H22ClN3O. The maximum absolute atomic E-state index is 13.0. The van der Waals surface area contributed by atoms with Gasteiger partial charge in [-0.1, -0.05) is 48.4 Å². The van der Waals surface area contributed by atoms with Crippen molar-refractivity contribution in [2.75, 3.05) is 6.54 Å². The molecule has 4 rings (SSSR count). The summed E-state index contributed by atoms with van der Waals surface area (Å²) in [5, 5.41) is 0.693. The average molecular weight is 392 g/mol. The summed E-state index contributed by atoms with van der Waals surface area (Å²) in [6.07, 6.45) is 1.52. The molecule has 0 aliphatic carbocycles. The van der Waals surface area contributed by atoms with Crippen molar-refractivity contribution in [2.24, 2.45) is 0 Å². The van der Waals surface area contributed by atoms with Crippen molar-refractivity contribution in [1.29, 1.82) is 0 Å². The number of amides is 1. The lowest BCUT2D eigenvalue weighted by Gasteiger charge is -2.30. The van der Waals surface area contributed by atoms with E-state index in [9.17, 15) is 4.79 Å². The first-order chi connectivity index (χ1) is 13.5. The molecule has 0 fully saturated rings. The Kier molecular flexibility index (Phi) is 5.14. The molecule has 1 aromatic heterocycles. The van der Waals surface area contributed by atoms with Gasteiger partial charge in [-0.2, -0.15) is 0 Å². The fourth-order valence-corrected chi connectivity index (χ4v) is 3.65.